The van der Waals surface area contributed by atoms with Gasteiger partial charge in [-0.15, -0.1) is 0 Å². The molecule has 3 fully saturated rings. The first-order valence-electron chi connectivity index (χ1n) is 12.8. The quantitative estimate of drug-likeness (QED) is 0.0779. The van der Waals surface area contributed by atoms with Crippen LogP contribution in [0, 0.1) is 0 Å². The fourth-order valence-corrected chi connectivity index (χ4v) is 7.80. The molecule has 14 N–H and O–H groups in total. The van der Waals surface area contributed by atoms with Gasteiger partial charge in [-0.05, 0) is 0 Å². The first-order chi connectivity index (χ1) is 21.1. The van der Waals surface area contributed by atoms with Gasteiger partial charge >= 0.3 is 23.5 Å². The number of hydrogen-bond donors (Lipinski definition) is 14. The first kappa shape index (κ1) is 40.2. The van der Waals surface area contributed by atoms with E-state index in [9.17, 15) is 74.5 Å². The van der Waals surface area contributed by atoms with E-state index in [1.165, 1.54) is 0 Å². The maximum absolute atomic E-state index is 12.7. The van der Waals surface area contributed by atoms with Gasteiger partial charge in [-0.1, -0.05) is 0 Å². The summed E-state index contributed by atoms with van der Waals surface area (Å²) in [5, 5.41) is 101. The van der Waals surface area contributed by atoms with Crippen LogP contribution in [-0.2, 0) is 50.5 Å². The summed E-state index contributed by atoms with van der Waals surface area (Å²) in [5.74, 6) is 0. The molecule has 25 nitrogen and oxygen atoms in total. The van der Waals surface area contributed by atoms with Gasteiger partial charge in [0.25, 0.3) is 0 Å². The molecule has 0 amide bonds. The summed E-state index contributed by atoms with van der Waals surface area (Å²) in [6.07, 6.45) is -30.8. The van der Waals surface area contributed by atoms with Crippen molar-refractivity contribution in [1.29, 1.82) is 0 Å². The molecule has 3 heterocycles. The van der Waals surface area contributed by atoms with E-state index in [0.29, 0.717) is 0 Å². The Labute approximate surface area is 257 Å². The molecule has 0 bridgehead atoms. The lowest BCUT2D eigenvalue weighted by Gasteiger charge is -2.48. The molecule has 46 heavy (non-hydrogen) atoms. The zero-order valence-corrected chi connectivity index (χ0v) is 25.6. The molecule has 3 aliphatic heterocycles. The van der Waals surface area contributed by atoms with Gasteiger partial charge in [0.2, 0.25) is 0 Å². The molecular formula is C18H35O25P3. The van der Waals surface area contributed by atoms with Crippen LogP contribution in [0.25, 0.3) is 0 Å². The molecule has 0 aromatic heterocycles. The van der Waals surface area contributed by atoms with Crippen molar-refractivity contribution in [3.8, 4) is 0 Å². The second kappa shape index (κ2) is 15.8. The molecule has 0 aliphatic carbocycles. The summed E-state index contributed by atoms with van der Waals surface area (Å²) in [6.45, 7) is -3.08. The van der Waals surface area contributed by atoms with Crippen molar-refractivity contribution in [2.75, 3.05) is 19.8 Å². The van der Waals surface area contributed by atoms with Gasteiger partial charge in [0.1, 0.15) is 73.2 Å². The summed E-state index contributed by atoms with van der Waals surface area (Å²) < 4.78 is 73.8. The number of phosphoric acid groups is 3. The van der Waals surface area contributed by atoms with Crippen LogP contribution < -0.4 is 0 Å². The molecule has 0 aromatic rings. The fraction of sp³-hybridized carbons (Fsp3) is 1.00. The second-order valence-corrected chi connectivity index (χ2v) is 14.4. The smallest absolute Gasteiger partial charge is 0.394 e. The Morgan fingerprint density at radius 3 is 1.54 bits per heavy atom. The Hall–Kier alpha value is -0.190. The molecular weight excluding hydrogens is 709 g/mol. The highest BCUT2D eigenvalue weighted by atomic mass is 31.3. The average Bonchev–Trinajstić information content (AvgIpc) is 2.94. The minimum absolute atomic E-state index is 0.930. The van der Waals surface area contributed by atoms with Gasteiger partial charge in [0.15, 0.2) is 18.9 Å². The third-order valence-electron chi connectivity index (χ3n) is 6.74. The van der Waals surface area contributed by atoms with Gasteiger partial charge < -0.3 is 94.3 Å². The first-order valence-corrected chi connectivity index (χ1v) is 17.4. The second-order valence-electron chi connectivity index (χ2n) is 10.0. The zero-order chi connectivity index (χ0) is 34.9. The van der Waals surface area contributed by atoms with Crippen molar-refractivity contribution in [2.45, 2.75) is 92.1 Å². The van der Waals surface area contributed by atoms with Crippen LogP contribution in [-0.4, -0.2) is 183 Å². The van der Waals surface area contributed by atoms with E-state index in [1.807, 2.05) is 0 Å². The third-order valence-corrected chi connectivity index (χ3v) is 10.6. The molecule has 0 saturated carbocycles. The van der Waals surface area contributed by atoms with Crippen LogP contribution in [0.4, 0.5) is 0 Å². The summed E-state index contributed by atoms with van der Waals surface area (Å²) in [6, 6.07) is 0. The van der Waals surface area contributed by atoms with Gasteiger partial charge in [0.05, 0.1) is 19.8 Å². The van der Waals surface area contributed by atoms with Crippen molar-refractivity contribution in [2.24, 2.45) is 0 Å². The SMILES string of the molecule is O=P(O)(O)OP(=O)(O)OP(=O)(O)O[C@H]1[C@@H](O[C@H]2[C@H](O)[C@@H](O)[C@H](O)O[C@@H]2CO)O[C@H](CO)[C@@H](O[C@H]2O[C@H](CO)[C@@H](O)[C@H](O)[C@H]2O)[C@@H]1O. The molecule has 3 aliphatic rings. The fourth-order valence-electron chi connectivity index (χ4n) is 4.61. The Balaban J connectivity index is 1.96. The van der Waals surface area contributed by atoms with Crippen LogP contribution in [0.1, 0.15) is 0 Å². The zero-order valence-electron chi connectivity index (χ0n) is 22.9. The molecule has 272 valence electrons. The van der Waals surface area contributed by atoms with E-state index in [4.69, 9.17) is 38.0 Å². The number of rotatable bonds is 13. The Kier molecular flexibility index (Phi) is 13.8. The van der Waals surface area contributed by atoms with Crippen LogP contribution in [0.15, 0.2) is 0 Å². The van der Waals surface area contributed by atoms with Crippen LogP contribution in [0.3, 0.4) is 0 Å². The van der Waals surface area contributed by atoms with Crippen molar-refractivity contribution < 1.29 is 121 Å². The average molecular weight is 744 g/mol. The van der Waals surface area contributed by atoms with Crippen LogP contribution in [0.2, 0.25) is 0 Å². The van der Waals surface area contributed by atoms with Crippen molar-refractivity contribution >= 4 is 23.5 Å². The standard InChI is InChI=1S/C18H35O25P3/c19-1-4-7(22)8(23)11(26)17(37-4)39-14-6(3-21)38-18(40-13-5(2-20)36-16(28)10(25)9(13)24)15(12(14)27)41-45(32,33)43-46(34,35)42-44(29,30)31/h4-28H,1-3H2,(H,32,33)(H,34,35)(H2,29,30,31)/t4-,5-,6-,7-,8+,9-,10-,11-,12+,13-,14-,15-,16-,17-,18-/m1/s1. The Morgan fingerprint density at radius 1 is 0.500 bits per heavy atom. The Morgan fingerprint density at radius 2 is 1.00 bits per heavy atom. The monoisotopic (exact) mass is 744 g/mol. The molecule has 3 rings (SSSR count). The predicted octanol–water partition coefficient (Wildman–Crippen LogP) is -7.22. The topological polar surface area (TPSA) is 408 Å². The number of hydrogen-bond acceptors (Lipinski definition) is 21. The normalized spacial score (nSPS) is 45.1. The molecule has 17 atom stereocenters. The molecule has 0 radical (unpaired) electrons. The van der Waals surface area contributed by atoms with Gasteiger partial charge in [-0.25, -0.2) is 13.7 Å². The summed E-state index contributed by atoms with van der Waals surface area (Å²) in [4.78, 5) is 37.2. The third kappa shape index (κ3) is 9.74. The van der Waals surface area contributed by atoms with Crippen molar-refractivity contribution in [3.05, 3.63) is 0 Å². The van der Waals surface area contributed by atoms with Crippen LogP contribution >= 0.6 is 23.5 Å². The molecule has 2 unspecified atom stereocenters. The van der Waals surface area contributed by atoms with Crippen molar-refractivity contribution in [3.63, 3.8) is 0 Å². The van der Waals surface area contributed by atoms with E-state index in [-0.39, 0.29) is 0 Å². The summed E-state index contributed by atoms with van der Waals surface area (Å²) in [7, 11) is -18.1. The largest absolute Gasteiger partial charge is 0.490 e. The molecule has 0 aromatic carbocycles. The van der Waals surface area contributed by atoms with Gasteiger partial charge in [-0.2, -0.15) is 8.62 Å². The van der Waals surface area contributed by atoms with Crippen molar-refractivity contribution in [1.82, 2.24) is 0 Å². The molecule has 0 spiro atoms. The number of ether oxygens (including phenoxy) is 5. The summed E-state index contributed by atoms with van der Waals surface area (Å²) >= 11 is 0. The van der Waals surface area contributed by atoms with E-state index in [0.717, 1.165) is 0 Å². The molecule has 28 heteroatoms. The van der Waals surface area contributed by atoms with Gasteiger partial charge in [-0.3, -0.25) is 4.52 Å². The van der Waals surface area contributed by atoms with E-state index in [1.54, 1.807) is 0 Å². The maximum Gasteiger partial charge on any atom is 0.490 e. The number of aliphatic hydroxyl groups is 10. The highest BCUT2D eigenvalue weighted by molar-refractivity contribution is 7.66. The van der Waals surface area contributed by atoms with E-state index in [2.05, 4.69) is 8.62 Å². The number of phosphoric ester groups is 1. The van der Waals surface area contributed by atoms with E-state index >= 15 is 0 Å². The number of aliphatic hydroxyl groups excluding tert-OH is 10. The van der Waals surface area contributed by atoms with Gasteiger partial charge in [0, 0.05) is 0 Å². The summed E-state index contributed by atoms with van der Waals surface area (Å²) in [5.41, 5.74) is 0. The highest BCUT2D eigenvalue weighted by Gasteiger charge is 2.56. The van der Waals surface area contributed by atoms with Crippen LogP contribution in [0.5, 0.6) is 0 Å². The lowest BCUT2D eigenvalue weighted by Crippen LogP contribution is -2.66. The maximum atomic E-state index is 12.7. The minimum atomic E-state index is -6.14. The Bertz CT molecular complexity index is 1140. The molecule has 3 saturated heterocycles. The van der Waals surface area contributed by atoms with E-state index < -0.39 is 135 Å². The highest BCUT2D eigenvalue weighted by Crippen LogP contribution is 2.67. The predicted molar refractivity (Wildman–Crippen MR) is 134 cm³/mol. The lowest BCUT2D eigenvalue weighted by atomic mass is 9.96. The minimum Gasteiger partial charge on any atom is -0.394 e. The lowest BCUT2D eigenvalue weighted by molar-refractivity contribution is -0.376.